The first kappa shape index (κ1) is 13.0. The zero-order valence-electron chi connectivity index (χ0n) is 11.0. The van der Waals surface area contributed by atoms with E-state index in [0.29, 0.717) is 17.8 Å². The number of hydrogen-bond acceptors (Lipinski definition) is 5. The Labute approximate surface area is 120 Å². The van der Waals surface area contributed by atoms with Gasteiger partial charge < -0.3 is 16.2 Å². The smallest absolute Gasteiger partial charge is 0.261 e. The first-order valence-corrected chi connectivity index (χ1v) is 6.37. The van der Waals surface area contributed by atoms with Gasteiger partial charge in [0, 0.05) is 23.5 Å². The Morgan fingerprint density at radius 3 is 2.52 bits per heavy atom. The van der Waals surface area contributed by atoms with Crippen molar-refractivity contribution in [2.75, 3.05) is 11.1 Å². The molecule has 2 aromatic rings. The van der Waals surface area contributed by atoms with Crippen molar-refractivity contribution in [3.63, 3.8) is 0 Å². The van der Waals surface area contributed by atoms with Gasteiger partial charge in [-0.05, 0) is 18.2 Å². The van der Waals surface area contributed by atoms with Crippen molar-refractivity contribution in [3.05, 3.63) is 53.1 Å². The van der Waals surface area contributed by atoms with Crippen molar-refractivity contribution in [2.24, 2.45) is 0 Å². The molecule has 0 unspecified atom stereocenters. The van der Waals surface area contributed by atoms with Gasteiger partial charge in [-0.3, -0.25) is 14.9 Å². The lowest BCUT2D eigenvalue weighted by molar-refractivity contribution is 0.0880. The number of aromatic hydroxyl groups is 1. The second kappa shape index (κ2) is 4.82. The van der Waals surface area contributed by atoms with Crippen LogP contribution in [0.2, 0.25) is 0 Å². The second-order valence-corrected chi connectivity index (χ2v) is 4.72. The van der Waals surface area contributed by atoms with E-state index in [2.05, 4.69) is 10.6 Å². The minimum Gasteiger partial charge on any atom is -0.508 e. The fourth-order valence-corrected chi connectivity index (χ4v) is 2.33. The van der Waals surface area contributed by atoms with Crippen LogP contribution in [-0.4, -0.2) is 16.9 Å². The van der Waals surface area contributed by atoms with Crippen molar-refractivity contribution in [1.82, 2.24) is 5.32 Å². The Hall–Kier alpha value is -3.02. The van der Waals surface area contributed by atoms with Crippen LogP contribution >= 0.6 is 0 Å². The number of nitrogens with two attached hydrogens (primary N) is 1. The van der Waals surface area contributed by atoms with Gasteiger partial charge in [0.15, 0.2) is 0 Å². The number of nitrogens with one attached hydrogen (secondary N) is 2. The normalized spacial score (nSPS) is 13.0. The quantitative estimate of drug-likeness (QED) is 0.504. The molecule has 1 heterocycles. The van der Waals surface area contributed by atoms with Crippen molar-refractivity contribution < 1.29 is 14.7 Å². The summed E-state index contributed by atoms with van der Waals surface area (Å²) in [5, 5.41) is 15.0. The molecule has 6 nitrogen and oxygen atoms in total. The van der Waals surface area contributed by atoms with Gasteiger partial charge in [-0.15, -0.1) is 0 Å². The molecule has 0 radical (unpaired) electrons. The van der Waals surface area contributed by atoms with Gasteiger partial charge in [0.25, 0.3) is 11.8 Å². The molecule has 1 aliphatic heterocycles. The van der Waals surface area contributed by atoms with E-state index in [4.69, 9.17) is 5.73 Å². The lowest BCUT2D eigenvalue weighted by atomic mass is 10.0. The molecule has 0 fully saturated rings. The lowest BCUT2D eigenvalue weighted by Gasteiger charge is -2.11. The highest BCUT2D eigenvalue weighted by molar-refractivity contribution is 6.26. The number of phenolic OH excluding ortho intramolecular Hbond substituents is 1. The molecule has 2 amide bonds. The topological polar surface area (TPSA) is 104 Å². The standard InChI is InChI=1S/C15H13N3O3/c16-9-5-6-10(13-12(9)14(20)18-15(13)21)17-7-8-3-1-2-4-11(8)19/h1-6,17,19H,7,16H2,(H,18,20,21). The van der Waals surface area contributed by atoms with Crippen molar-refractivity contribution in [3.8, 4) is 5.75 Å². The average Bonchev–Trinajstić information content (AvgIpc) is 2.76. The van der Waals surface area contributed by atoms with Gasteiger partial charge in [-0.1, -0.05) is 18.2 Å². The first-order valence-electron chi connectivity index (χ1n) is 6.37. The number of carbonyl (C=O) groups excluding carboxylic acids is 2. The van der Waals surface area contributed by atoms with Gasteiger partial charge in [0.2, 0.25) is 0 Å². The summed E-state index contributed by atoms with van der Waals surface area (Å²) >= 11 is 0. The van der Waals surface area contributed by atoms with Gasteiger partial charge in [-0.25, -0.2) is 0 Å². The monoisotopic (exact) mass is 283 g/mol. The molecule has 0 saturated heterocycles. The van der Waals surface area contributed by atoms with Crippen LogP contribution in [0.3, 0.4) is 0 Å². The fraction of sp³-hybridized carbons (Fsp3) is 0.0667. The Balaban J connectivity index is 1.93. The van der Waals surface area contributed by atoms with Crippen LogP contribution in [0.5, 0.6) is 5.75 Å². The molecule has 2 aromatic carbocycles. The number of carbonyl (C=O) groups is 2. The van der Waals surface area contributed by atoms with Crippen LogP contribution in [0.1, 0.15) is 26.3 Å². The number of imide groups is 1. The van der Waals surface area contributed by atoms with E-state index in [9.17, 15) is 14.7 Å². The number of phenols is 1. The largest absolute Gasteiger partial charge is 0.508 e. The molecular weight excluding hydrogens is 270 g/mol. The third-order valence-electron chi connectivity index (χ3n) is 3.38. The van der Waals surface area contributed by atoms with Crippen LogP contribution in [0.15, 0.2) is 36.4 Å². The third kappa shape index (κ3) is 2.16. The summed E-state index contributed by atoms with van der Waals surface area (Å²) in [7, 11) is 0. The summed E-state index contributed by atoms with van der Waals surface area (Å²) in [4.78, 5) is 23.5. The molecule has 0 bridgehead atoms. The van der Waals surface area contributed by atoms with Crippen LogP contribution in [0, 0.1) is 0 Å². The highest BCUT2D eigenvalue weighted by Gasteiger charge is 2.31. The predicted molar refractivity (Wildman–Crippen MR) is 78.1 cm³/mol. The summed E-state index contributed by atoms with van der Waals surface area (Å²) in [5.41, 5.74) is 7.64. The lowest BCUT2D eigenvalue weighted by Crippen LogP contribution is -2.20. The first-order chi connectivity index (χ1) is 10.1. The second-order valence-electron chi connectivity index (χ2n) is 4.72. The molecule has 106 valence electrons. The zero-order valence-corrected chi connectivity index (χ0v) is 11.0. The van der Waals surface area contributed by atoms with Gasteiger partial charge in [0.1, 0.15) is 5.75 Å². The van der Waals surface area contributed by atoms with Crippen LogP contribution in [-0.2, 0) is 6.54 Å². The number of hydrogen-bond donors (Lipinski definition) is 4. The summed E-state index contributed by atoms with van der Waals surface area (Å²) in [5.74, 6) is -0.793. The Bertz CT molecular complexity index is 756. The molecule has 6 heteroatoms. The molecule has 5 N–H and O–H groups in total. The van der Waals surface area contributed by atoms with E-state index in [1.165, 1.54) is 0 Å². The number of para-hydroxylation sites is 1. The minimum absolute atomic E-state index is 0.164. The molecular formula is C15H13N3O3. The molecule has 1 aliphatic rings. The molecule has 3 rings (SSSR count). The Morgan fingerprint density at radius 1 is 1.05 bits per heavy atom. The fourth-order valence-electron chi connectivity index (χ4n) is 2.33. The number of nitrogen functional groups attached to an aromatic ring is 1. The van der Waals surface area contributed by atoms with E-state index in [-0.39, 0.29) is 22.6 Å². The molecule has 0 spiro atoms. The van der Waals surface area contributed by atoms with E-state index in [0.717, 1.165) is 0 Å². The summed E-state index contributed by atoms with van der Waals surface area (Å²) in [6, 6.07) is 10.1. The highest BCUT2D eigenvalue weighted by Crippen LogP contribution is 2.30. The highest BCUT2D eigenvalue weighted by atomic mass is 16.3. The number of benzene rings is 2. The maximum atomic E-state index is 11.9. The summed E-state index contributed by atoms with van der Waals surface area (Å²) in [6.07, 6.45) is 0. The third-order valence-corrected chi connectivity index (χ3v) is 3.38. The number of rotatable bonds is 3. The van der Waals surface area contributed by atoms with E-state index in [1.807, 2.05) is 0 Å². The minimum atomic E-state index is -0.487. The van der Waals surface area contributed by atoms with Gasteiger partial charge in [-0.2, -0.15) is 0 Å². The molecule has 21 heavy (non-hydrogen) atoms. The Kier molecular flexibility index (Phi) is 2.98. The Morgan fingerprint density at radius 2 is 1.76 bits per heavy atom. The van der Waals surface area contributed by atoms with Crippen LogP contribution in [0.25, 0.3) is 0 Å². The van der Waals surface area contributed by atoms with E-state index in [1.54, 1.807) is 36.4 Å². The molecule has 0 aromatic heterocycles. The van der Waals surface area contributed by atoms with Crippen molar-refractivity contribution in [2.45, 2.75) is 6.54 Å². The van der Waals surface area contributed by atoms with E-state index >= 15 is 0 Å². The predicted octanol–water partition coefficient (Wildman–Crippen LogP) is 1.47. The van der Waals surface area contributed by atoms with Gasteiger partial charge in [0.05, 0.1) is 11.1 Å². The van der Waals surface area contributed by atoms with E-state index < -0.39 is 11.8 Å². The number of amides is 2. The maximum absolute atomic E-state index is 11.9. The SMILES string of the molecule is Nc1ccc(NCc2ccccc2O)c2c1C(=O)NC2=O. The van der Waals surface area contributed by atoms with Crippen molar-refractivity contribution in [1.29, 1.82) is 0 Å². The van der Waals surface area contributed by atoms with Crippen LogP contribution in [0.4, 0.5) is 11.4 Å². The van der Waals surface area contributed by atoms with Crippen molar-refractivity contribution >= 4 is 23.2 Å². The number of anilines is 2. The summed E-state index contributed by atoms with van der Waals surface area (Å²) < 4.78 is 0. The maximum Gasteiger partial charge on any atom is 0.261 e. The van der Waals surface area contributed by atoms with Crippen LogP contribution < -0.4 is 16.4 Å². The molecule has 0 aliphatic carbocycles. The molecule has 0 saturated carbocycles. The van der Waals surface area contributed by atoms with Gasteiger partial charge >= 0.3 is 0 Å². The average molecular weight is 283 g/mol. The number of fused-ring (bicyclic) bond motifs is 1. The zero-order chi connectivity index (χ0) is 15.0. The molecule has 0 atom stereocenters. The summed E-state index contributed by atoms with van der Waals surface area (Å²) in [6.45, 7) is 0.324.